The third-order valence-corrected chi connectivity index (χ3v) is 4.13. The van der Waals surface area contributed by atoms with Crippen LogP contribution in [0.25, 0.3) is 0 Å². The average molecular weight is 352 g/mol. The van der Waals surface area contributed by atoms with Gasteiger partial charge in [0.2, 0.25) is 0 Å². The predicted molar refractivity (Wildman–Crippen MR) is 97.2 cm³/mol. The standard InChI is InChI=1S/C19H20N4O3/c1-21-19(25)22(2)23(14-20-21)17(15-9-5-3-6-10-15)13-26-18(24)16-11-7-4-8-12-16/h3-12,14,17H,13H2,1-2H3. The molecule has 1 atom stereocenters. The van der Waals surface area contributed by atoms with Gasteiger partial charge in [-0.1, -0.05) is 48.5 Å². The number of carbonyl (C=O) groups excluding carboxylic acids is 2. The van der Waals surface area contributed by atoms with Crippen molar-refractivity contribution in [2.75, 3.05) is 20.7 Å². The van der Waals surface area contributed by atoms with Crippen LogP contribution in [0.1, 0.15) is 22.0 Å². The molecule has 2 amide bonds. The van der Waals surface area contributed by atoms with Gasteiger partial charge in [-0.3, -0.25) is 5.01 Å². The van der Waals surface area contributed by atoms with Gasteiger partial charge in [0, 0.05) is 14.1 Å². The zero-order valence-electron chi connectivity index (χ0n) is 14.6. The number of amides is 2. The molecule has 0 bridgehead atoms. The van der Waals surface area contributed by atoms with Crippen LogP contribution in [0.3, 0.4) is 0 Å². The van der Waals surface area contributed by atoms with Crippen LogP contribution < -0.4 is 0 Å². The summed E-state index contributed by atoms with van der Waals surface area (Å²) in [4.78, 5) is 24.5. The number of hydrazone groups is 1. The molecule has 26 heavy (non-hydrogen) atoms. The minimum Gasteiger partial charge on any atom is -0.459 e. The van der Waals surface area contributed by atoms with E-state index in [9.17, 15) is 9.59 Å². The van der Waals surface area contributed by atoms with E-state index in [1.165, 1.54) is 10.0 Å². The summed E-state index contributed by atoms with van der Waals surface area (Å²) in [5.41, 5.74) is 1.39. The highest BCUT2D eigenvalue weighted by Crippen LogP contribution is 2.24. The van der Waals surface area contributed by atoms with Gasteiger partial charge in [-0.25, -0.2) is 19.6 Å². The van der Waals surface area contributed by atoms with Gasteiger partial charge in [0.15, 0.2) is 0 Å². The molecular formula is C19H20N4O3. The minimum absolute atomic E-state index is 0.0745. The van der Waals surface area contributed by atoms with Crippen molar-refractivity contribution in [1.29, 1.82) is 0 Å². The van der Waals surface area contributed by atoms with Gasteiger partial charge in [-0.2, -0.15) is 5.10 Å². The summed E-state index contributed by atoms with van der Waals surface area (Å²) in [7, 11) is 3.23. The van der Waals surface area contributed by atoms with Gasteiger partial charge >= 0.3 is 12.0 Å². The van der Waals surface area contributed by atoms with Gasteiger partial charge in [-0.05, 0) is 17.7 Å². The molecule has 0 N–H and O–H groups in total. The molecule has 0 spiro atoms. The van der Waals surface area contributed by atoms with Crippen molar-refractivity contribution in [3.63, 3.8) is 0 Å². The van der Waals surface area contributed by atoms with Crippen LogP contribution in [0, 0.1) is 0 Å². The second-order valence-electron chi connectivity index (χ2n) is 5.83. The van der Waals surface area contributed by atoms with Gasteiger partial charge < -0.3 is 4.74 Å². The van der Waals surface area contributed by atoms with Crippen molar-refractivity contribution in [2.24, 2.45) is 5.10 Å². The van der Waals surface area contributed by atoms with E-state index in [1.54, 1.807) is 49.7 Å². The first-order chi connectivity index (χ1) is 12.6. The summed E-state index contributed by atoms with van der Waals surface area (Å²) in [5, 5.41) is 8.43. The molecule has 1 aliphatic rings. The maximum absolute atomic E-state index is 12.3. The average Bonchev–Trinajstić information content (AvgIpc) is 2.69. The fourth-order valence-electron chi connectivity index (χ4n) is 2.67. The topological polar surface area (TPSA) is 65.5 Å². The summed E-state index contributed by atoms with van der Waals surface area (Å²) in [6.07, 6.45) is 1.55. The lowest BCUT2D eigenvalue weighted by atomic mass is 10.1. The smallest absolute Gasteiger partial charge is 0.358 e. The highest BCUT2D eigenvalue weighted by molar-refractivity contribution is 5.89. The number of hydrogen-bond donors (Lipinski definition) is 0. The molecule has 2 aromatic rings. The number of esters is 1. The van der Waals surface area contributed by atoms with E-state index in [4.69, 9.17) is 4.74 Å². The van der Waals surface area contributed by atoms with Crippen molar-refractivity contribution in [1.82, 2.24) is 15.0 Å². The third-order valence-electron chi connectivity index (χ3n) is 4.13. The fourth-order valence-corrected chi connectivity index (χ4v) is 2.67. The second-order valence-corrected chi connectivity index (χ2v) is 5.83. The number of carbonyl (C=O) groups is 2. The zero-order valence-corrected chi connectivity index (χ0v) is 14.6. The Labute approximate surface area is 152 Å². The molecule has 0 saturated carbocycles. The molecule has 1 aliphatic heterocycles. The zero-order chi connectivity index (χ0) is 18.5. The van der Waals surface area contributed by atoms with Crippen LogP contribution >= 0.6 is 0 Å². The molecule has 7 nitrogen and oxygen atoms in total. The molecule has 7 heteroatoms. The Morgan fingerprint density at radius 3 is 2.31 bits per heavy atom. The normalized spacial score (nSPS) is 15.2. The molecule has 1 heterocycles. The number of nitrogens with zero attached hydrogens (tertiary/aromatic N) is 4. The third kappa shape index (κ3) is 3.66. The van der Waals surface area contributed by atoms with E-state index < -0.39 is 5.97 Å². The Bertz CT molecular complexity index is 795. The molecule has 2 aromatic carbocycles. The van der Waals surface area contributed by atoms with Crippen LogP contribution in [0.4, 0.5) is 4.79 Å². The minimum atomic E-state index is -0.411. The van der Waals surface area contributed by atoms with Crippen LogP contribution in [0.2, 0.25) is 0 Å². The maximum Gasteiger partial charge on any atom is 0.358 e. The van der Waals surface area contributed by atoms with Crippen molar-refractivity contribution in [3.8, 4) is 0 Å². The lowest BCUT2D eigenvalue weighted by Crippen LogP contribution is -2.53. The first-order valence-corrected chi connectivity index (χ1v) is 8.19. The summed E-state index contributed by atoms with van der Waals surface area (Å²) < 4.78 is 5.51. The van der Waals surface area contributed by atoms with E-state index in [2.05, 4.69) is 5.10 Å². The molecule has 134 valence electrons. The maximum atomic E-state index is 12.3. The molecular weight excluding hydrogens is 332 g/mol. The van der Waals surface area contributed by atoms with E-state index in [0.29, 0.717) is 5.56 Å². The Morgan fingerprint density at radius 2 is 1.65 bits per heavy atom. The molecule has 0 fully saturated rings. The fraction of sp³-hybridized carbons (Fsp3) is 0.211. The molecule has 0 radical (unpaired) electrons. The van der Waals surface area contributed by atoms with Gasteiger partial charge in [-0.15, -0.1) is 0 Å². The summed E-state index contributed by atoms with van der Waals surface area (Å²) in [5.74, 6) is -0.411. The number of hydrogen-bond acceptors (Lipinski definition) is 5. The van der Waals surface area contributed by atoms with Crippen LogP contribution in [0.15, 0.2) is 65.8 Å². The van der Waals surface area contributed by atoms with Gasteiger partial charge in [0.25, 0.3) is 0 Å². The number of ether oxygens (including phenoxy) is 1. The summed E-state index contributed by atoms with van der Waals surface area (Å²) >= 11 is 0. The Balaban J connectivity index is 1.82. The van der Waals surface area contributed by atoms with Crippen LogP contribution in [-0.4, -0.2) is 54.1 Å². The molecule has 0 saturated heterocycles. The van der Waals surface area contributed by atoms with Gasteiger partial charge in [0.05, 0.1) is 5.56 Å². The van der Waals surface area contributed by atoms with Crippen LogP contribution in [-0.2, 0) is 4.74 Å². The first kappa shape index (κ1) is 17.5. The van der Waals surface area contributed by atoms with E-state index >= 15 is 0 Å². The second kappa shape index (κ2) is 7.69. The lowest BCUT2D eigenvalue weighted by molar-refractivity contribution is 0.00292. The number of hydrazine groups is 1. The quantitative estimate of drug-likeness (QED) is 0.776. The summed E-state index contributed by atoms with van der Waals surface area (Å²) in [6.45, 7) is 0.0745. The first-order valence-electron chi connectivity index (χ1n) is 8.19. The highest BCUT2D eigenvalue weighted by atomic mass is 16.5. The SMILES string of the molecule is CN1N=CN(C(COC(=O)c2ccccc2)c2ccccc2)N(C)C1=O. The molecule has 3 rings (SSSR count). The van der Waals surface area contributed by atoms with Gasteiger partial charge in [0.1, 0.15) is 19.0 Å². The Hall–Kier alpha value is -3.35. The lowest BCUT2D eigenvalue weighted by Gasteiger charge is -2.40. The largest absolute Gasteiger partial charge is 0.459 e. The van der Waals surface area contributed by atoms with Crippen molar-refractivity contribution >= 4 is 18.3 Å². The van der Waals surface area contributed by atoms with Crippen molar-refractivity contribution in [3.05, 3.63) is 71.8 Å². The molecule has 0 aromatic heterocycles. The van der Waals surface area contributed by atoms with Crippen molar-refractivity contribution in [2.45, 2.75) is 6.04 Å². The Kier molecular flexibility index (Phi) is 5.17. The highest BCUT2D eigenvalue weighted by Gasteiger charge is 2.31. The predicted octanol–water partition coefficient (Wildman–Crippen LogP) is 2.74. The number of urea groups is 1. The van der Waals surface area contributed by atoms with E-state index in [0.717, 1.165) is 5.56 Å². The monoisotopic (exact) mass is 352 g/mol. The van der Waals surface area contributed by atoms with Crippen LogP contribution in [0.5, 0.6) is 0 Å². The van der Waals surface area contributed by atoms with E-state index in [-0.39, 0.29) is 18.7 Å². The van der Waals surface area contributed by atoms with E-state index in [1.807, 2.05) is 36.4 Å². The molecule has 1 unspecified atom stereocenters. The number of rotatable bonds is 5. The summed E-state index contributed by atoms with van der Waals surface area (Å²) in [6, 6.07) is 17.7. The number of benzene rings is 2. The van der Waals surface area contributed by atoms with Crippen molar-refractivity contribution < 1.29 is 14.3 Å². The Morgan fingerprint density at radius 1 is 1.04 bits per heavy atom. The molecule has 0 aliphatic carbocycles.